The zero-order valence-electron chi connectivity index (χ0n) is 14.2. The summed E-state index contributed by atoms with van der Waals surface area (Å²) >= 11 is 0. The molecule has 0 saturated heterocycles. The van der Waals surface area contributed by atoms with E-state index in [0.29, 0.717) is 6.04 Å². The van der Waals surface area contributed by atoms with E-state index in [0.717, 1.165) is 19.4 Å². The molecule has 2 heteroatoms. The summed E-state index contributed by atoms with van der Waals surface area (Å²) in [7, 11) is 0. The zero-order valence-corrected chi connectivity index (χ0v) is 14.2. The van der Waals surface area contributed by atoms with Crippen LogP contribution in [0.25, 0.3) is 16.5 Å². The molecule has 2 nitrogen and oxygen atoms in total. The van der Waals surface area contributed by atoms with Crippen LogP contribution in [-0.4, -0.2) is 17.6 Å². The van der Waals surface area contributed by atoms with Crippen molar-refractivity contribution < 1.29 is 0 Å². The first-order valence-corrected chi connectivity index (χ1v) is 8.84. The van der Waals surface area contributed by atoms with Gasteiger partial charge in [0.2, 0.25) is 0 Å². The second kappa shape index (κ2) is 6.66. The van der Waals surface area contributed by atoms with E-state index >= 15 is 0 Å². The van der Waals surface area contributed by atoms with Crippen LogP contribution in [0.2, 0.25) is 0 Å². The van der Waals surface area contributed by atoms with Gasteiger partial charge in [-0.05, 0) is 60.6 Å². The highest BCUT2D eigenvalue weighted by Crippen LogP contribution is 2.26. The van der Waals surface area contributed by atoms with E-state index in [-0.39, 0.29) is 0 Å². The fourth-order valence-corrected chi connectivity index (χ4v) is 3.80. The van der Waals surface area contributed by atoms with Crippen molar-refractivity contribution in [3.8, 4) is 0 Å². The minimum atomic E-state index is 0.555. The fraction of sp³-hybridized carbons (Fsp3) is 0.273. The first-order valence-electron chi connectivity index (χ1n) is 8.84. The molecular formula is C22H24N2. The topological polar surface area (TPSA) is 27.8 Å². The number of H-pyrrole nitrogens is 1. The first-order chi connectivity index (χ1) is 11.8. The van der Waals surface area contributed by atoms with Crippen molar-refractivity contribution in [3.05, 3.63) is 77.5 Å². The molecule has 24 heavy (non-hydrogen) atoms. The summed E-state index contributed by atoms with van der Waals surface area (Å²) in [5.74, 6) is 0. The van der Waals surface area contributed by atoms with Gasteiger partial charge in [-0.25, -0.2) is 0 Å². The van der Waals surface area contributed by atoms with Gasteiger partial charge in [-0.2, -0.15) is 0 Å². The Hall–Kier alpha value is -2.32. The molecule has 122 valence electrons. The van der Waals surface area contributed by atoms with Gasteiger partial charge in [-0.15, -0.1) is 0 Å². The maximum absolute atomic E-state index is 3.66. The fourth-order valence-electron chi connectivity index (χ4n) is 3.80. The number of aromatic nitrogens is 1. The first kappa shape index (κ1) is 15.2. The highest BCUT2D eigenvalue weighted by atomic mass is 14.9. The predicted molar refractivity (Wildman–Crippen MR) is 102 cm³/mol. The van der Waals surface area contributed by atoms with Crippen molar-refractivity contribution in [1.29, 1.82) is 0 Å². The molecule has 0 fully saturated rings. The molecule has 0 radical (unpaired) electrons. The second-order valence-electron chi connectivity index (χ2n) is 6.81. The van der Waals surface area contributed by atoms with Crippen LogP contribution in [0, 0.1) is 6.92 Å². The number of fused-ring (bicyclic) bond motifs is 1. The molecule has 2 N–H and O–H groups in total. The van der Waals surface area contributed by atoms with Crippen LogP contribution in [0.4, 0.5) is 0 Å². The molecule has 0 bridgehead atoms. The van der Waals surface area contributed by atoms with Crippen LogP contribution in [0.15, 0.2) is 60.8 Å². The lowest BCUT2D eigenvalue weighted by Gasteiger charge is -2.25. The lowest BCUT2D eigenvalue weighted by molar-refractivity contribution is 0.502. The Kier molecular flexibility index (Phi) is 4.22. The third-order valence-corrected chi connectivity index (χ3v) is 5.03. The largest absolute Gasteiger partial charge is 0.361 e. The van der Waals surface area contributed by atoms with Gasteiger partial charge in [-0.3, -0.25) is 0 Å². The van der Waals surface area contributed by atoms with Crippen molar-refractivity contribution in [2.45, 2.75) is 32.2 Å². The van der Waals surface area contributed by atoms with Crippen LogP contribution in [0.3, 0.4) is 0 Å². The molecule has 4 rings (SSSR count). The molecular weight excluding hydrogens is 292 g/mol. The maximum atomic E-state index is 3.66. The number of aromatic amines is 1. The maximum Gasteiger partial charge on any atom is 0.0459 e. The lowest BCUT2D eigenvalue weighted by atomic mass is 9.91. The molecule has 0 spiro atoms. The summed E-state index contributed by atoms with van der Waals surface area (Å²) in [6.07, 6.45) is 7.79. The minimum absolute atomic E-state index is 0.555. The SMILES string of the molecule is Cc1cc(CCC2CC(c3ccccc3)=CCN2)c2cc[nH]c2c1. The molecule has 0 aliphatic carbocycles. The van der Waals surface area contributed by atoms with Crippen LogP contribution < -0.4 is 5.32 Å². The summed E-state index contributed by atoms with van der Waals surface area (Å²) in [4.78, 5) is 3.34. The van der Waals surface area contributed by atoms with E-state index in [2.05, 4.69) is 71.8 Å². The molecule has 1 aliphatic heterocycles. The summed E-state index contributed by atoms with van der Waals surface area (Å²) < 4.78 is 0. The van der Waals surface area contributed by atoms with Gasteiger partial charge in [0.15, 0.2) is 0 Å². The Morgan fingerprint density at radius 3 is 2.83 bits per heavy atom. The Balaban J connectivity index is 1.46. The highest BCUT2D eigenvalue weighted by Gasteiger charge is 2.16. The van der Waals surface area contributed by atoms with Crippen LogP contribution in [0.5, 0.6) is 0 Å². The molecule has 1 unspecified atom stereocenters. The average molecular weight is 316 g/mol. The van der Waals surface area contributed by atoms with Crippen molar-refractivity contribution in [2.75, 3.05) is 6.54 Å². The lowest BCUT2D eigenvalue weighted by Crippen LogP contribution is -2.33. The Labute approximate surface area is 143 Å². The number of aryl methyl sites for hydroxylation is 2. The molecule has 0 amide bonds. The Morgan fingerprint density at radius 1 is 1.08 bits per heavy atom. The minimum Gasteiger partial charge on any atom is -0.361 e. The van der Waals surface area contributed by atoms with Crippen LogP contribution >= 0.6 is 0 Å². The van der Waals surface area contributed by atoms with E-state index in [1.165, 1.54) is 39.6 Å². The van der Waals surface area contributed by atoms with Crippen LogP contribution in [-0.2, 0) is 6.42 Å². The summed E-state index contributed by atoms with van der Waals surface area (Å²) in [6, 6.07) is 18.1. The van der Waals surface area contributed by atoms with Gasteiger partial charge in [0.1, 0.15) is 0 Å². The summed E-state index contributed by atoms with van der Waals surface area (Å²) in [5, 5.41) is 5.03. The van der Waals surface area contributed by atoms with E-state index in [9.17, 15) is 0 Å². The number of benzene rings is 2. The molecule has 3 aromatic rings. The van der Waals surface area contributed by atoms with Gasteiger partial charge in [-0.1, -0.05) is 42.5 Å². The quantitative estimate of drug-likeness (QED) is 0.707. The van der Waals surface area contributed by atoms with Gasteiger partial charge in [0, 0.05) is 29.7 Å². The monoisotopic (exact) mass is 316 g/mol. The highest BCUT2D eigenvalue weighted by molar-refractivity contribution is 5.83. The molecule has 0 saturated carbocycles. The number of rotatable bonds is 4. The average Bonchev–Trinajstić information content (AvgIpc) is 3.09. The standard InChI is InChI=1S/C22H24N2/c1-16-13-19(21-10-12-24-22(21)14-16)7-8-20-15-18(9-11-23-20)17-5-3-2-4-6-17/h2-6,9-10,12-14,20,23-24H,7-8,11,15H2,1H3. The third kappa shape index (κ3) is 3.15. The molecule has 2 heterocycles. The predicted octanol–water partition coefficient (Wildman–Crippen LogP) is 4.85. The Bertz CT molecular complexity index is 858. The summed E-state index contributed by atoms with van der Waals surface area (Å²) in [5.41, 5.74) is 6.90. The molecule has 1 atom stereocenters. The summed E-state index contributed by atoms with van der Waals surface area (Å²) in [6.45, 7) is 3.15. The molecule has 2 aromatic carbocycles. The zero-order chi connectivity index (χ0) is 16.4. The van der Waals surface area contributed by atoms with Crippen LogP contribution in [0.1, 0.15) is 29.5 Å². The van der Waals surface area contributed by atoms with Gasteiger partial charge >= 0.3 is 0 Å². The van der Waals surface area contributed by atoms with Crippen molar-refractivity contribution >= 4 is 16.5 Å². The van der Waals surface area contributed by atoms with Crippen molar-refractivity contribution in [2.24, 2.45) is 0 Å². The van der Waals surface area contributed by atoms with Crippen molar-refractivity contribution in [1.82, 2.24) is 10.3 Å². The Morgan fingerprint density at radius 2 is 1.96 bits per heavy atom. The number of hydrogen-bond acceptors (Lipinski definition) is 1. The van der Waals surface area contributed by atoms with Crippen molar-refractivity contribution in [3.63, 3.8) is 0 Å². The normalized spacial score (nSPS) is 17.9. The molecule has 1 aromatic heterocycles. The number of hydrogen-bond donors (Lipinski definition) is 2. The van der Waals surface area contributed by atoms with E-state index < -0.39 is 0 Å². The molecule has 1 aliphatic rings. The van der Waals surface area contributed by atoms with Gasteiger partial charge < -0.3 is 10.3 Å². The number of nitrogens with one attached hydrogen (secondary N) is 2. The van der Waals surface area contributed by atoms with E-state index in [1.807, 2.05) is 6.20 Å². The van der Waals surface area contributed by atoms with Gasteiger partial charge in [0.05, 0.1) is 0 Å². The van der Waals surface area contributed by atoms with E-state index in [4.69, 9.17) is 0 Å². The van der Waals surface area contributed by atoms with Gasteiger partial charge in [0.25, 0.3) is 0 Å². The van der Waals surface area contributed by atoms with E-state index in [1.54, 1.807) is 0 Å². The second-order valence-corrected chi connectivity index (χ2v) is 6.81. The third-order valence-electron chi connectivity index (χ3n) is 5.03. The smallest absolute Gasteiger partial charge is 0.0459 e.